The summed E-state index contributed by atoms with van der Waals surface area (Å²) < 4.78 is 0. The molecule has 0 aliphatic carbocycles. The van der Waals surface area contributed by atoms with Gasteiger partial charge in [-0.05, 0) is 37.1 Å². The molecule has 2 radical (unpaired) electrons. The Balaban J connectivity index is 0.00000385. The molecule has 0 saturated carbocycles. The third-order valence-electron chi connectivity index (χ3n) is 4.33. The van der Waals surface area contributed by atoms with Crippen LogP contribution in [0.4, 0.5) is 11.6 Å². The molecule has 0 aliphatic rings. The van der Waals surface area contributed by atoms with Crippen molar-refractivity contribution in [2.45, 2.75) is 25.4 Å². The number of carbonyl (C=O) groups excluding carboxylic acids is 3. The van der Waals surface area contributed by atoms with E-state index in [-0.39, 0.29) is 62.9 Å². The Morgan fingerprint density at radius 1 is 1.12 bits per heavy atom. The molecular formula is C19H17N7O6Pb. The number of fused-ring (bicyclic) bond motifs is 1. The number of H-pyrrole nitrogens is 1. The molecule has 1 unspecified atom stereocenters. The molecule has 14 heteroatoms. The molecule has 0 fully saturated rings. The first-order valence-corrected chi connectivity index (χ1v) is 9.30. The van der Waals surface area contributed by atoms with Gasteiger partial charge in [0.05, 0.1) is 30.4 Å². The number of hydrogen-bond donors (Lipinski definition) is 4. The van der Waals surface area contributed by atoms with Crippen LogP contribution in [0.5, 0.6) is 0 Å². The Kier molecular flexibility index (Phi) is 8.78. The van der Waals surface area contributed by atoms with Crippen molar-refractivity contribution in [3.8, 4) is 0 Å². The second-order valence-electron chi connectivity index (χ2n) is 6.67. The molecule has 13 nitrogen and oxygen atoms in total. The van der Waals surface area contributed by atoms with E-state index in [1.165, 1.54) is 18.3 Å². The number of nitrogens with zero attached hydrogens (tertiary/aromatic N) is 3. The summed E-state index contributed by atoms with van der Waals surface area (Å²) in [4.78, 5) is 60.2. The van der Waals surface area contributed by atoms with E-state index < -0.39 is 35.9 Å². The van der Waals surface area contributed by atoms with Crippen LogP contribution in [-0.2, 0) is 16.1 Å². The van der Waals surface area contributed by atoms with Crippen LogP contribution < -0.4 is 32.1 Å². The van der Waals surface area contributed by atoms with Crippen molar-refractivity contribution in [3.63, 3.8) is 0 Å². The van der Waals surface area contributed by atoms with Gasteiger partial charge in [0.25, 0.3) is 11.5 Å². The average molecular weight is 647 g/mol. The molecular weight excluding hydrogens is 629 g/mol. The monoisotopic (exact) mass is 647 g/mol. The Morgan fingerprint density at radius 3 is 2.45 bits per heavy atom. The predicted molar refractivity (Wildman–Crippen MR) is 112 cm³/mol. The quantitative estimate of drug-likeness (QED) is 0.171. The third-order valence-corrected chi connectivity index (χ3v) is 4.33. The SMILES string of the molecule is Nc1nc2ncc(CNc3ccc(C(=O)NC(CCC(=O)[O-])C(=O)[O-])cc3)nc2c(=O)[nH]1.[Pb+2]. The minimum absolute atomic E-state index is 0. The number of hydrogen-bond acceptors (Lipinski definition) is 11. The number of nitrogens with two attached hydrogens (primary N) is 1. The number of benzene rings is 1. The number of amides is 1. The van der Waals surface area contributed by atoms with Crippen molar-refractivity contribution < 1.29 is 24.6 Å². The average Bonchev–Trinajstić information content (AvgIpc) is 2.75. The smallest absolute Gasteiger partial charge is 0.550 e. The zero-order chi connectivity index (χ0) is 23.3. The van der Waals surface area contributed by atoms with Gasteiger partial charge in [-0.25, -0.2) is 9.97 Å². The van der Waals surface area contributed by atoms with Gasteiger partial charge in [-0.3, -0.25) is 14.6 Å². The molecule has 0 bridgehead atoms. The van der Waals surface area contributed by atoms with E-state index in [4.69, 9.17) is 5.73 Å². The predicted octanol–water partition coefficient (Wildman–Crippen LogP) is -3.09. The van der Waals surface area contributed by atoms with E-state index in [0.717, 1.165) is 0 Å². The summed E-state index contributed by atoms with van der Waals surface area (Å²) in [6.45, 7) is 0.217. The number of aliphatic carboxylic acids is 2. The summed E-state index contributed by atoms with van der Waals surface area (Å²) in [5.74, 6) is -3.78. The largest absolute Gasteiger partial charge is 2.00 e. The molecule has 0 aliphatic heterocycles. The van der Waals surface area contributed by atoms with E-state index in [2.05, 4.69) is 30.6 Å². The van der Waals surface area contributed by atoms with Gasteiger partial charge < -0.3 is 36.2 Å². The molecule has 3 aromatic rings. The molecule has 2 heterocycles. The zero-order valence-corrected chi connectivity index (χ0v) is 20.8. The van der Waals surface area contributed by atoms with Gasteiger partial charge in [0, 0.05) is 17.2 Å². The van der Waals surface area contributed by atoms with Gasteiger partial charge in [0.2, 0.25) is 5.95 Å². The Morgan fingerprint density at radius 2 is 1.82 bits per heavy atom. The summed E-state index contributed by atoms with van der Waals surface area (Å²) >= 11 is 0. The van der Waals surface area contributed by atoms with Crippen LogP contribution >= 0.6 is 0 Å². The molecule has 33 heavy (non-hydrogen) atoms. The normalized spacial score (nSPS) is 11.3. The van der Waals surface area contributed by atoms with Crippen molar-refractivity contribution in [2.24, 2.45) is 0 Å². The van der Waals surface area contributed by atoms with E-state index in [9.17, 15) is 29.4 Å². The molecule has 1 amide bonds. The second-order valence-corrected chi connectivity index (χ2v) is 6.67. The maximum Gasteiger partial charge on any atom is 2.00 e. The molecule has 1 aromatic carbocycles. The summed E-state index contributed by atoms with van der Waals surface area (Å²) in [5, 5.41) is 26.8. The van der Waals surface area contributed by atoms with Crippen LogP contribution in [0, 0.1) is 0 Å². The van der Waals surface area contributed by atoms with Crippen LogP contribution in [-0.4, -0.2) is 71.1 Å². The van der Waals surface area contributed by atoms with Gasteiger partial charge in [0.1, 0.15) is 0 Å². The summed E-state index contributed by atoms with van der Waals surface area (Å²) in [7, 11) is 0. The Labute approximate surface area is 206 Å². The van der Waals surface area contributed by atoms with E-state index >= 15 is 0 Å². The van der Waals surface area contributed by atoms with Gasteiger partial charge in [0.15, 0.2) is 11.2 Å². The number of nitrogens with one attached hydrogen (secondary N) is 3. The number of carboxylic acids is 2. The van der Waals surface area contributed by atoms with Crippen molar-refractivity contribution in [1.29, 1.82) is 0 Å². The van der Waals surface area contributed by atoms with Crippen LogP contribution in [0.25, 0.3) is 11.2 Å². The van der Waals surface area contributed by atoms with Gasteiger partial charge in [-0.2, -0.15) is 4.98 Å². The van der Waals surface area contributed by atoms with Crippen molar-refractivity contribution in [3.05, 3.63) is 52.1 Å². The van der Waals surface area contributed by atoms with Crippen LogP contribution in [0.1, 0.15) is 28.9 Å². The fourth-order valence-corrected chi connectivity index (χ4v) is 2.74. The van der Waals surface area contributed by atoms with Crippen molar-refractivity contribution in [1.82, 2.24) is 25.3 Å². The minimum atomic E-state index is -1.59. The summed E-state index contributed by atoms with van der Waals surface area (Å²) in [6.07, 6.45) is 0.554. The molecule has 5 N–H and O–H groups in total. The van der Waals surface area contributed by atoms with E-state index in [0.29, 0.717) is 11.4 Å². The molecule has 1 atom stereocenters. The van der Waals surface area contributed by atoms with E-state index in [1.54, 1.807) is 12.1 Å². The molecule has 0 saturated heterocycles. The number of aromatic amines is 1. The van der Waals surface area contributed by atoms with Crippen molar-refractivity contribution >= 4 is 67.9 Å². The van der Waals surface area contributed by atoms with Gasteiger partial charge in [-0.15, -0.1) is 0 Å². The first kappa shape index (κ1) is 25.6. The van der Waals surface area contributed by atoms with Crippen molar-refractivity contribution in [2.75, 3.05) is 11.1 Å². The first-order chi connectivity index (χ1) is 15.2. The maximum absolute atomic E-state index is 12.2. The molecule has 0 spiro atoms. The van der Waals surface area contributed by atoms with Gasteiger partial charge >= 0.3 is 27.3 Å². The summed E-state index contributed by atoms with van der Waals surface area (Å²) in [6, 6.07) is 4.59. The third kappa shape index (κ3) is 6.93. The van der Waals surface area contributed by atoms with Crippen LogP contribution in [0.3, 0.4) is 0 Å². The number of aromatic nitrogens is 4. The number of rotatable bonds is 9. The number of nitrogen functional groups attached to an aromatic ring is 1. The van der Waals surface area contributed by atoms with Crippen LogP contribution in [0.15, 0.2) is 35.3 Å². The number of carbonyl (C=O) groups is 3. The zero-order valence-electron chi connectivity index (χ0n) is 17.0. The number of anilines is 2. The first-order valence-electron chi connectivity index (χ1n) is 9.30. The van der Waals surface area contributed by atoms with E-state index in [1.807, 2.05) is 0 Å². The molecule has 2 aromatic heterocycles. The Bertz CT molecular complexity index is 1230. The maximum atomic E-state index is 12.2. The Hall–Kier alpha value is -3.63. The fourth-order valence-electron chi connectivity index (χ4n) is 2.74. The van der Waals surface area contributed by atoms with Crippen LogP contribution in [0.2, 0.25) is 0 Å². The fraction of sp³-hybridized carbons (Fsp3) is 0.211. The molecule has 168 valence electrons. The summed E-state index contributed by atoms with van der Waals surface area (Å²) in [5.41, 5.74) is 6.37. The standard InChI is InChI=1S/C19H19N7O6.Pb/c20-19-25-15-14(17(30)26-19)23-11(8-22-15)7-21-10-3-1-9(2-4-10)16(29)24-12(18(31)32)5-6-13(27)28;/h1-4,8,12,21H,5-7H2,(H,24,29)(H,27,28)(H,31,32)(H3,20,22,25,26,30);/q;+2/p-2. The van der Waals surface area contributed by atoms with Gasteiger partial charge in [-0.1, -0.05) is 0 Å². The second kappa shape index (κ2) is 11.3. The number of carboxylic acid groups (broad SMARTS) is 2. The minimum Gasteiger partial charge on any atom is -0.550 e. The topological polar surface area (TPSA) is 219 Å². The molecule has 3 rings (SSSR count).